The summed E-state index contributed by atoms with van der Waals surface area (Å²) < 4.78 is 63.3. The molecule has 2 aromatic rings. The number of furan rings is 1. The molecular weight excluding hydrogens is 378 g/mol. The molecular formula is C18H18F2N2O4S. The monoisotopic (exact) mass is 396 g/mol. The zero-order valence-electron chi connectivity index (χ0n) is 14.7. The first-order valence-electron chi connectivity index (χ1n) is 8.19. The second-order valence-electron chi connectivity index (χ2n) is 7.14. The third kappa shape index (κ3) is 3.96. The first-order chi connectivity index (χ1) is 12.6. The van der Waals surface area contributed by atoms with Crippen LogP contribution in [0.25, 0.3) is 0 Å². The van der Waals surface area contributed by atoms with Gasteiger partial charge in [-0.15, -0.1) is 0 Å². The third-order valence-electron chi connectivity index (χ3n) is 4.45. The summed E-state index contributed by atoms with van der Waals surface area (Å²) in [4.78, 5) is -0.406. The molecule has 144 valence electrons. The van der Waals surface area contributed by atoms with Gasteiger partial charge in [-0.1, -0.05) is 19.9 Å². The number of sulfonamides is 1. The smallest absolute Gasteiger partial charge is 0.387 e. The van der Waals surface area contributed by atoms with Gasteiger partial charge >= 0.3 is 6.61 Å². The zero-order valence-corrected chi connectivity index (χ0v) is 15.5. The molecule has 1 aromatic carbocycles. The molecule has 1 unspecified atom stereocenters. The molecule has 0 radical (unpaired) electrons. The van der Waals surface area contributed by atoms with Crippen LogP contribution in [0.4, 0.5) is 8.78 Å². The standard InChI is InChI=1S/C18H18F2N2O4S/c1-18(2)8-13(11-6-7-25-15(11)9-18)22-27(23,24)16-5-3-4-14(12(16)10-21)26-17(19)20/h3-7,13,17,22H,8-9H2,1-2H3. The number of alkyl halides is 2. The summed E-state index contributed by atoms with van der Waals surface area (Å²) >= 11 is 0. The van der Waals surface area contributed by atoms with Crippen molar-refractivity contribution in [2.45, 2.75) is 44.2 Å². The average Bonchev–Trinajstić information content (AvgIpc) is 3.00. The third-order valence-corrected chi connectivity index (χ3v) is 5.97. The Morgan fingerprint density at radius 2 is 2.11 bits per heavy atom. The maximum Gasteiger partial charge on any atom is 0.387 e. The fraction of sp³-hybridized carbons (Fsp3) is 0.389. The van der Waals surface area contributed by atoms with Crippen LogP contribution in [0.2, 0.25) is 0 Å². The Bertz CT molecular complexity index is 993. The molecule has 0 saturated carbocycles. The van der Waals surface area contributed by atoms with Crippen molar-refractivity contribution in [2.75, 3.05) is 0 Å². The lowest BCUT2D eigenvalue weighted by atomic mass is 9.75. The molecule has 1 aromatic heterocycles. The quantitative estimate of drug-likeness (QED) is 0.831. The number of rotatable bonds is 5. The lowest BCUT2D eigenvalue weighted by molar-refractivity contribution is -0.0502. The minimum absolute atomic E-state index is 0.198. The van der Waals surface area contributed by atoms with Gasteiger partial charge in [0.1, 0.15) is 28.0 Å². The van der Waals surface area contributed by atoms with Gasteiger partial charge in [0.15, 0.2) is 0 Å². The number of nitrogens with zero attached hydrogens (tertiary/aromatic N) is 1. The van der Waals surface area contributed by atoms with E-state index in [2.05, 4.69) is 9.46 Å². The summed E-state index contributed by atoms with van der Waals surface area (Å²) in [6.07, 6.45) is 2.70. The Labute approximate surface area is 155 Å². The van der Waals surface area contributed by atoms with Gasteiger partial charge in [-0.3, -0.25) is 0 Å². The van der Waals surface area contributed by atoms with Crippen molar-refractivity contribution >= 4 is 10.0 Å². The Balaban J connectivity index is 1.98. The summed E-state index contributed by atoms with van der Waals surface area (Å²) in [5, 5.41) is 9.31. The van der Waals surface area contributed by atoms with E-state index < -0.39 is 38.9 Å². The van der Waals surface area contributed by atoms with Crippen molar-refractivity contribution in [1.29, 1.82) is 5.26 Å². The van der Waals surface area contributed by atoms with E-state index in [1.54, 1.807) is 12.1 Å². The zero-order chi connectivity index (χ0) is 19.8. The van der Waals surface area contributed by atoms with Crippen LogP contribution < -0.4 is 9.46 Å². The molecule has 0 saturated heterocycles. The number of hydrogen-bond donors (Lipinski definition) is 1. The topological polar surface area (TPSA) is 92.3 Å². The lowest BCUT2D eigenvalue weighted by Gasteiger charge is -2.34. The van der Waals surface area contributed by atoms with E-state index >= 15 is 0 Å². The second kappa shape index (κ2) is 6.94. The molecule has 3 rings (SSSR count). The van der Waals surface area contributed by atoms with Crippen LogP contribution >= 0.6 is 0 Å². The van der Waals surface area contributed by atoms with Crippen LogP contribution in [0.1, 0.15) is 43.2 Å². The molecule has 1 aliphatic carbocycles. The maximum atomic E-state index is 12.9. The summed E-state index contributed by atoms with van der Waals surface area (Å²) in [5.74, 6) is 0.220. The predicted octanol–water partition coefficient (Wildman–Crippen LogP) is 3.74. The van der Waals surface area contributed by atoms with Crippen LogP contribution in [0, 0.1) is 16.7 Å². The molecule has 6 nitrogen and oxygen atoms in total. The lowest BCUT2D eigenvalue weighted by Crippen LogP contribution is -2.36. The van der Waals surface area contributed by atoms with Crippen LogP contribution in [-0.4, -0.2) is 15.0 Å². The number of benzene rings is 1. The SMILES string of the molecule is CC1(C)Cc2occc2C(NS(=O)(=O)c2cccc(OC(F)F)c2C#N)C1. The summed E-state index contributed by atoms with van der Waals surface area (Å²) in [6.45, 7) is 0.824. The predicted molar refractivity (Wildman–Crippen MR) is 91.7 cm³/mol. The fourth-order valence-electron chi connectivity index (χ4n) is 3.37. The highest BCUT2D eigenvalue weighted by Gasteiger charge is 2.37. The molecule has 1 aliphatic rings. The van der Waals surface area contributed by atoms with E-state index in [1.165, 1.54) is 18.4 Å². The number of fused-ring (bicyclic) bond motifs is 1. The van der Waals surface area contributed by atoms with Gasteiger partial charge in [-0.25, -0.2) is 13.1 Å². The number of nitriles is 1. The van der Waals surface area contributed by atoms with Gasteiger partial charge in [0.2, 0.25) is 10.0 Å². The van der Waals surface area contributed by atoms with Crippen LogP contribution in [-0.2, 0) is 16.4 Å². The van der Waals surface area contributed by atoms with E-state index in [0.29, 0.717) is 18.6 Å². The van der Waals surface area contributed by atoms with E-state index in [0.717, 1.165) is 11.6 Å². The summed E-state index contributed by atoms with van der Waals surface area (Å²) in [5.41, 5.74) is 0.0701. The van der Waals surface area contributed by atoms with Crippen LogP contribution in [0.3, 0.4) is 0 Å². The van der Waals surface area contributed by atoms with Gasteiger partial charge < -0.3 is 9.15 Å². The van der Waals surface area contributed by atoms with E-state index in [9.17, 15) is 22.5 Å². The Kier molecular flexibility index (Phi) is 4.97. The van der Waals surface area contributed by atoms with Crippen molar-refractivity contribution in [3.05, 3.63) is 47.4 Å². The molecule has 0 aliphatic heterocycles. The highest BCUT2D eigenvalue weighted by molar-refractivity contribution is 7.89. The van der Waals surface area contributed by atoms with Crippen molar-refractivity contribution in [3.8, 4) is 11.8 Å². The van der Waals surface area contributed by atoms with Gasteiger partial charge in [0.25, 0.3) is 0 Å². The van der Waals surface area contributed by atoms with Gasteiger partial charge in [0.05, 0.1) is 12.3 Å². The molecule has 1 heterocycles. The average molecular weight is 396 g/mol. The normalized spacial score (nSPS) is 18.7. The first kappa shape index (κ1) is 19.3. The van der Waals surface area contributed by atoms with Crippen LogP contribution in [0.15, 0.2) is 39.8 Å². The number of hydrogen-bond acceptors (Lipinski definition) is 5. The van der Waals surface area contributed by atoms with Gasteiger partial charge in [0, 0.05) is 12.0 Å². The Morgan fingerprint density at radius 1 is 1.37 bits per heavy atom. The van der Waals surface area contributed by atoms with Crippen molar-refractivity contribution in [2.24, 2.45) is 5.41 Å². The molecule has 0 spiro atoms. The molecule has 0 bridgehead atoms. The highest BCUT2D eigenvalue weighted by Crippen LogP contribution is 2.42. The Hall–Kier alpha value is -2.44. The van der Waals surface area contributed by atoms with Crippen molar-refractivity contribution in [3.63, 3.8) is 0 Å². The first-order valence-corrected chi connectivity index (χ1v) is 9.68. The largest absolute Gasteiger partial charge is 0.469 e. The Morgan fingerprint density at radius 3 is 2.78 bits per heavy atom. The minimum atomic E-state index is -4.17. The molecule has 1 atom stereocenters. The summed E-state index contributed by atoms with van der Waals surface area (Å²) in [6, 6.07) is 6.36. The fourth-order valence-corrected chi connectivity index (χ4v) is 4.75. The van der Waals surface area contributed by atoms with Gasteiger partial charge in [-0.05, 0) is 30.0 Å². The molecule has 1 N–H and O–H groups in total. The number of ether oxygens (including phenoxy) is 1. The maximum absolute atomic E-state index is 12.9. The van der Waals surface area contributed by atoms with Crippen molar-refractivity contribution < 1.29 is 26.4 Å². The van der Waals surface area contributed by atoms with Crippen LogP contribution in [0.5, 0.6) is 5.75 Å². The van der Waals surface area contributed by atoms with Crippen molar-refractivity contribution in [1.82, 2.24) is 4.72 Å². The number of halogens is 2. The van der Waals surface area contributed by atoms with E-state index in [1.807, 2.05) is 13.8 Å². The molecule has 9 heteroatoms. The second-order valence-corrected chi connectivity index (χ2v) is 8.82. The molecule has 0 fully saturated rings. The summed E-state index contributed by atoms with van der Waals surface area (Å²) in [7, 11) is -4.17. The van der Waals surface area contributed by atoms with E-state index in [-0.39, 0.29) is 5.41 Å². The molecule has 0 amide bonds. The van der Waals surface area contributed by atoms with Gasteiger partial charge in [-0.2, -0.15) is 14.0 Å². The minimum Gasteiger partial charge on any atom is -0.469 e. The number of nitrogens with one attached hydrogen (secondary N) is 1. The van der Waals surface area contributed by atoms with E-state index in [4.69, 9.17) is 4.42 Å². The molecule has 27 heavy (non-hydrogen) atoms. The highest BCUT2D eigenvalue weighted by atomic mass is 32.2.